The molecule has 0 radical (unpaired) electrons. The van der Waals surface area contributed by atoms with E-state index in [4.69, 9.17) is 5.73 Å². The maximum atomic E-state index is 11.8. The third kappa shape index (κ3) is 7.97. The van der Waals surface area contributed by atoms with E-state index in [0.29, 0.717) is 5.92 Å². The van der Waals surface area contributed by atoms with Crippen molar-refractivity contribution in [1.29, 1.82) is 0 Å². The van der Waals surface area contributed by atoms with Gasteiger partial charge < -0.3 is 11.1 Å². The zero-order valence-electron chi connectivity index (χ0n) is 11.8. The fraction of sp³-hybridized carbons (Fsp3) is 0.786. The number of rotatable bonds is 8. The number of hydrogen-bond donors (Lipinski definition) is 2. The van der Waals surface area contributed by atoms with Crippen molar-refractivity contribution in [3.05, 3.63) is 11.8 Å². The van der Waals surface area contributed by atoms with Crippen molar-refractivity contribution < 1.29 is 4.79 Å². The second-order valence-corrected chi connectivity index (χ2v) is 4.99. The number of amides is 1. The van der Waals surface area contributed by atoms with E-state index in [9.17, 15) is 4.79 Å². The largest absolute Gasteiger partial charge is 0.329 e. The summed E-state index contributed by atoms with van der Waals surface area (Å²) < 4.78 is 0. The molecule has 0 aliphatic heterocycles. The standard InChI is InChI=1S/C14H28N2O/c1-5-7-9-12(8-6-2)16-14(17)13(15)10-11(3)4/h9,11,13H,5-8,10,15H2,1-4H3,(H,16,17)/b12-9-/t13-/m0/s1. The number of allylic oxidation sites excluding steroid dienone is 2. The molecule has 3 N–H and O–H groups in total. The second kappa shape index (κ2) is 9.23. The van der Waals surface area contributed by atoms with Gasteiger partial charge in [0.25, 0.3) is 0 Å². The maximum absolute atomic E-state index is 11.8. The van der Waals surface area contributed by atoms with E-state index < -0.39 is 6.04 Å². The van der Waals surface area contributed by atoms with Gasteiger partial charge in [-0.2, -0.15) is 0 Å². The van der Waals surface area contributed by atoms with Gasteiger partial charge in [0, 0.05) is 5.70 Å². The summed E-state index contributed by atoms with van der Waals surface area (Å²) in [5.74, 6) is 0.402. The molecule has 0 aromatic rings. The molecule has 0 bridgehead atoms. The summed E-state index contributed by atoms with van der Waals surface area (Å²) in [5.41, 5.74) is 6.88. The molecule has 0 fully saturated rings. The van der Waals surface area contributed by atoms with Crippen molar-refractivity contribution in [2.75, 3.05) is 0 Å². The van der Waals surface area contributed by atoms with E-state index >= 15 is 0 Å². The molecular weight excluding hydrogens is 212 g/mol. The Morgan fingerprint density at radius 3 is 2.41 bits per heavy atom. The van der Waals surface area contributed by atoms with E-state index in [1.807, 2.05) is 0 Å². The zero-order chi connectivity index (χ0) is 13.3. The third-order valence-corrected chi connectivity index (χ3v) is 2.54. The molecule has 0 saturated heterocycles. The highest BCUT2D eigenvalue weighted by Crippen LogP contribution is 2.07. The molecular formula is C14H28N2O. The number of carbonyl (C=O) groups excluding carboxylic acids is 1. The van der Waals surface area contributed by atoms with Crippen LogP contribution in [0.15, 0.2) is 11.8 Å². The van der Waals surface area contributed by atoms with Crippen molar-refractivity contribution in [1.82, 2.24) is 5.32 Å². The van der Waals surface area contributed by atoms with Crippen LogP contribution in [0.25, 0.3) is 0 Å². The fourth-order valence-corrected chi connectivity index (χ4v) is 1.67. The molecule has 0 unspecified atom stereocenters. The lowest BCUT2D eigenvalue weighted by molar-refractivity contribution is -0.122. The van der Waals surface area contributed by atoms with Gasteiger partial charge in [-0.1, -0.05) is 46.6 Å². The van der Waals surface area contributed by atoms with Gasteiger partial charge in [-0.15, -0.1) is 0 Å². The summed E-state index contributed by atoms with van der Waals surface area (Å²) in [5, 5.41) is 2.96. The molecule has 0 heterocycles. The first-order chi connectivity index (χ1) is 8.01. The molecule has 3 nitrogen and oxygen atoms in total. The first kappa shape index (κ1) is 16.2. The fourth-order valence-electron chi connectivity index (χ4n) is 1.67. The van der Waals surface area contributed by atoms with Crippen LogP contribution in [0.5, 0.6) is 0 Å². The summed E-state index contributed by atoms with van der Waals surface area (Å²) in [6, 6.07) is -0.392. The minimum Gasteiger partial charge on any atom is -0.329 e. The van der Waals surface area contributed by atoms with Gasteiger partial charge in [0.15, 0.2) is 0 Å². The van der Waals surface area contributed by atoms with Crippen LogP contribution < -0.4 is 11.1 Å². The predicted molar refractivity (Wildman–Crippen MR) is 73.5 cm³/mol. The van der Waals surface area contributed by atoms with E-state index in [0.717, 1.165) is 37.8 Å². The SMILES string of the molecule is CCC/C=C(/CCC)NC(=O)[C@@H](N)CC(C)C. The van der Waals surface area contributed by atoms with Crippen LogP contribution in [0.3, 0.4) is 0 Å². The molecule has 0 aromatic carbocycles. The lowest BCUT2D eigenvalue weighted by Gasteiger charge is -2.16. The van der Waals surface area contributed by atoms with Gasteiger partial charge in [-0.25, -0.2) is 0 Å². The molecule has 1 amide bonds. The van der Waals surface area contributed by atoms with Crippen molar-refractivity contribution >= 4 is 5.91 Å². The van der Waals surface area contributed by atoms with Crippen molar-refractivity contribution in [2.24, 2.45) is 11.7 Å². The van der Waals surface area contributed by atoms with Crippen LogP contribution in [0.1, 0.15) is 59.8 Å². The number of hydrogen-bond acceptors (Lipinski definition) is 2. The lowest BCUT2D eigenvalue weighted by Crippen LogP contribution is -2.40. The van der Waals surface area contributed by atoms with Gasteiger partial charge in [0.1, 0.15) is 0 Å². The average Bonchev–Trinajstić information content (AvgIpc) is 2.25. The average molecular weight is 240 g/mol. The molecule has 0 aromatic heterocycles. The van der Waals surface area contributed by atoms with Crippen LogP contribution in [0, 0.1) is 5.92 Å². The molecule has 0 spiro atoms. The van der Waals surface area contributed by atoms with Gasteiger partial charge >= 0.3 is 0 Å². The highest BCUT2D eigenvalue weighted by Gasteiger charge is 2.15. The van der Waals surface area contributed by atoms with Crippen LogP contribution >= 0.6 is 0 Å². The smallest absolute Gasteiger partial charge is 0.241 e. The molecule has 100 valence electrons. The topological polar surface area (TPSA) is 55.1 Å². The highest BCUT2D eigenvalue weighted by atomic mass is 16.2. The predicted octanol–water partition coefficient (Wildman–Crippen LogP) is 2.96. The van der Waals surface area contributed by atoms with E-state index in [1.54, 1.807) is 0 Å². The van der Waals surface area contributed by atoms with E-state index in [-0.39, 0.29) is 5.91 Å². The minimum absolute atomic E-state index is 0.0468. The quantitative estimate of drug-likeness (QED) is 0.685. The van der Waals surface area contributed by atoms with Gasteiger partial charge in [0.05, 0.1) is 6.04 Å². The first-order valence-corrected chi connectivity index (χ1v) is 6.76. The Hall–Kier alpha value is -0.830. The highest BCUT2D eigenvalue weighted by molar-refractivity contribution is 5.83. The molecule has 0 rings (SSSR count). The number of nitrogens with one attached hydrogen (secondary N) is 1. The van der Waals surface area contributed by atoms with E-state index in [1.165, 1.54) is 0 Å². The molecule has 1 atom stereocenters. The molecule has 17 heavy (non-hydrogen) atoms. The van der Waals surface area contributed by atoms with Crippen LogP contribution in [0.4, 0.5) is 0 Å². The van der Waals surface area contributed by atoms with Gasteiger partial charge in [-0.3, -0.25) is 4.79 Å². The second-order valence-electron chi connectivity index (χ2n) is 4.99. The number of carbonyl (C=O) groups is 1. The minimum atomic E-state index is -0.392. The summed E-state index contributed by atoms with van der Waals surface area (Å²) >= 11 is 0. The lowest BCUT2D eigenvalue weighted by atomic mass is 10.0. The Morgan fingerprint density at radius 2 is 1.94 bits per heavy atom. The number of unbranched alkanes of at least 4 members (excludes halogenated alkanes) is 1. The molecule has 0 aliphatic rings. The van der Waals surface area contributed by atoms with Crippen molar-refractivity contribution in [3.63, 3.8) is 0 Å². The molecule has 0 saturated carbocycles. The number of nitrogens with two attached hydrogens (primary N) is 1. The Labute approximate surface area is 106 Å². The summed E-state index contributed by atoms with van der Waals surface area (Å²) in [4.78, 5) is 11.8. The van der Waals surface area contributed by atoms with Crippen LogP contribution in [-0.4, -0.2) is 11.9 Å². The first-order valence-electron chi connectivity index (χ1n) is 6.76. The van der Waals surface area contributed by atoms with Crippen LogP contribution in [-0.2, 0) is 4.79 Å². The van der Waals surface area contributed by atoms with Gasteiger partial charge in [0.2, 0.25) is 5.91 Å². The normalized spacial score (nSPS) is 13.9. The van der Waals surface area contributed by atoms with Gasteiger partial charge in [-0.05, 0) is 25.2 Å². The maximum Gasteiger partial charge on any atom is 0.241 e. The zero-order valence-corrected chi connectivity index (χ0v) is 11.8. The summed E-state index contributed by atoms with van der Waals surface area (Å²) in [6.07, 6.45) is 6.91. The molecule has 0 aliphatic carbocycles. The van der Waals surface area contributed by atoms with Crippen molar-refractivity contribution in [2.45, 2.75) is 65.8 Å². The van der Waals surface area contributed by atoms with E-state index in [2.05, 4.69) is 39.1 Å². The summed E-state index contributed by atoms with van der Waals surface area (Å²) in [7, 11) is 0. The Kier molecular flexibility index (Phi) is 8.78. The Morgan fingerprint density at radius 1 is 1.29 bits per heavy atom. The third-order valence-electron chi connectivity index (χ3n) is 2.54. The Balaban J connectivity index is 4.29. The van der Waals surface area contributed by atoms with Crippen LogP contribution in [0.2, 0.25) is 0 Å². The molecule has 3 heteroatoms. The monoisotopic (exact) mass is 240 g/mol. The van der Waals surface area contributed by atoms with Crippen molar-refractivity contribution in [3.8, 4) is 0 Å². The summed E-state index contributed by atoms with van der Waals surface area (Å²) in [6.45, 7) is 8.40. The Bertz CT molecular complexity index is 247.